The minimum Gasteiger partial charge on any atom is -0.478 e. The molecule has 0 aliphatic heterocycles. The molecule has 4 aromatic rings. The van der Waals surface area contributed by atoms with E-state index in [9.17, 15) is 9.90 Å². The second-order valence-electron chi connectivity index (χ2n) is 11.5. The van der Waals surface area contributed by atoms with E-state index >= 15 is 0 Å². The third kappa shape index (κ3) is 4.36. The van der Waals surface area contributed by atoms with Crippen molar-refractivity contribution in [1.29, 1.82) is 0 Å². The van der Waals surface area contributed by atoms with E-state index < -0.39 is 5.97 Å². The molecule has 4 fully saturated rings. The highest BCUT2D eigenvalue weighted by Crippen LogP contribution is 2.58. The van der Waals surface area contributed by atoms with Crippen LogP contribution in [-0.2, 0) is 5.41 Å². The molecule has 0 radical (unpaired) electrons. The lowest BCUT2D eigenvalue weighted by molar-refractivity contribution is 0.0569. The van der Waals surface area contributed by atoms with Gasteiger partial charge in [-0.05, 0) is 81.0 Å². The lowest BCUT2D eigenvalue weighted by Crippen LogP contribution is -2.43. The standard InChI is InChI=1S/C31H27Cl2N3O4/c32-22-5-2-6-23(33)24(22)25-21(26(39-35-25)18-7-8-18)9-10-30-11-14-31(15-12-30,16-13-30)29-34-27(36-40-29)19-3-1-4-20(17-19)28(37)38/h1-6,9-10,17-18H,7-8,11-16H2,(H,37,38)/b10-9-. The van der Waals surface area contributed by atoms with Crippen molar-refractivity contribution in [1.82, 2.24) is 15.3 Å². The lowest BCUT2D eigenvalue weighted by atomic mass is 9.53. The number of carboxylic acids is 1. The largest absolute Gasteiger partial charge is 0.478 e. The summed E-state index contributed by atoms with van der Waals surface area (Å²) in [4.78, 5) is 16.1. The Morgan fingerprint density at radius 2 is 1.65 bits per heavy atom. The van der Waals surface area contributed by atoms with Crippen LogP contribution in [0.1, 0.15) is 84.9 Å². The zero-order chi connectivity index (χ0) is 27.5. The first-order valence-corrected chi connectivity index (χ1v) is 14.4. The number of allylic oxidation sites excluding steroid dienone is 1. The van der Waals surface area contributed by atoms with Gasteiger partial charge in [-0.25, -0.2) is 4.79 Å². The number of carbonyl (C=O) groups is 1. The minimum absolute atomic E-state index is 0.0834. The molecule has 0 saturated heterocycles. The zero-order valence-corrected chi connectivity index (χ0v) is 23.2. The highest BCUT2D eigenvalue weighted by Gasteiger charge is 2.51. The predicted octanol–water partition coefficient (Wildman–Crippen LogP) is 8.58. The van der Waals surface area contributed by atoms with Gasteiger partial charge in [0.25, 0.3) is 0 Å². The molecule has 4 saturated carbocycles. The molecule has 1 N–H and O–H groups in total. The first kappa shape index (κ1) is 25.5. The molecule has 204 valence electrons. The van der Waals surface area contributed by atoms with Crippen LogP contribution in [0.2, 0.25) is 10.0 Å². The topological polar surface area (TPSA) is 102 Å². The second-order valence-corrected chi connectivity index (χ2v) is 12.3. The number of carboxylic acid groups (broad SMARTS) is 1. The first-order chi connectivity index (χ1) is 19.4. The van der Waals surface area contributed by atoms with Crippen molar-refractivity contribution in [3.05, 3.63) is 81.4 Å². The summed E-state index contributed by atoms with van der Waals surface area (Å²) in [5.41, 5.74) is 3.19. The molecule has 40 heavy (non-hydrogen) atoms. The van der Waals surface area contributed by atoms with Crippen LogP contribution in [0.4, 0.5) is 0 Å². The van der Waals surface area contributed by atoms with Crippen LogP contribution >= 0.6 is 23.2 Å². The van der Waals surface area contributed by atoms with Crippen molar-refractivity contribution < 1.29 is 18.9 Å². The van der Waals surface area contributed by atoms with E-state index in [2.05, 4.69) is 22.5 Å². The van der Waals surface area contributed by atoms with Gasteiger partial charge < -0.3 is 14.2 Å². The molecule has 0 atom stereocenters. The highest BCUT2D eigenvalue weighted by atomic mass is 35.5. The van der Waals surface area contributed by atoms with E-state index in [1.54, 1.807) is 24.3 Å². The normalized spacial score (nSPS) is 24.1. The van der Waals surface area contributed by atoms with Gasteiger partial charge in [-0.2, -0.15) is 4.98 Å². The van der Waals surface area contributed by atoms with Crippen molar-refractivity contribution in [2.45, 2.75) is 62.7 Å². The second kappa shape index (κ2) is 9.60. The summed E-state index contributed by atoms with van der Waals surface area (Å²) in [5.74, 6) is 1.43. The summed E-state index contributed by atoms with van der Waals surface area (Å²) in [6.45, 7) is 0. The molecule has 4 aliphatic rings. The molecule has 4 aliphatic carbocycles. The number of hydrogen-bond acceptors (Lipinski definition) is 6. The van der Waals surface area contributed by atoms with Gasteiger partial charge in [0.1, 0.15) is 11.5 Å². The maximum Gasteiger partial charge on any atom is 0.335 e. The number of nitrogens with zero attached hydrogens (tertiary/aromatic N) is 3. The molecule has 2 heterocycles. The van der Waals surface area contributed by atoms with Gasteiger partial charge in [0.05, 0.1) is 15.6 Å². The third-order valence-corrected chi connectivity index (χ3v) is 9.69. The SMILES string of the molecule is O=C(O)c1cccc(-c2noc(C34CCC(/C=C\c5c(-c6c(Cl)cccc6Cl)noc5C5CC5)(CC3)CC4)n2)c1. The Bertz CT molecular complexity index is 1610. The summed E-state index contributed by atoms with van der Waals surface area (Å²) in [5, 5.41) is 19.1. The monoisotopic (exact) mass is 575 g/mol. The van der Waals surface area contributed by atoms with Crippen LogP contribution < -0.4 is 0 Å². The lowest BCUT2D eigenvalue weighted by Gasteiger charge is -2.50. The fourth-order valence-corrected chi connectivity index (χ4v) is 6.98. The molecule has 8 rings (SSSR count). The van der Waals surface area contributed by atoms with Crippen LogP contribution in [0, 0.1) is 5.41 Å². The van der Waals surface area contributed by atoms with Crippen molar-refractivity contribution in [3.63, 3.8) is 0 Å². The Balaban J connectivity index is 1.13. The quantitative estimate of drug-likeness (QED) is 0.235. The van der Waals surface area contributed by atoms with Gasteiger partial charge in [0.2, 0.25) is 11.7 Å². The average Bonchev–Trinajstić information content (AvgIpc) is 3.53. The molecular weight excluding hydrogens is 549 g/mol. The van der Waals surface area contributed by atoms with Crippen molar-refractivity contribution in [3.8, 4) is 22.6 Å². The first-order valence-electron chi connectivity index (χ1n) is 13.7. The van der Waals surface area contributed by atoms with E-state index in [1.807, 2.05) is 18.2 Å². The number of halogens is 2. The van der Waals surface area contributed by atoms with E-state index in [-0.39, 0.29) is 16.4 Å². The van der Waals surface area contributed by atoms with Gasteiger partial charge in [0.15, 0.2) is 0 Å². The fraction of sp³-hybridized carbons (Fsp3) is 0.355. The zero-order valence-electron chi connectivity index (χ0n) is 21.7. The summed E-state index contributed by atoms with van der Waals surface area (Å²) in [6.07, 6.45) is 12.7. The van der Waals surface area contributed by atoms with Crippen LogP contribution in [0.3, 0.4) is 0 Å². The number of rotatable bonds is 7. The van der Waals surface area contributed by atoms with Crippen LogP contribution in [0.25, 0.3) is 28.7 Å². The molecule has 0 unspecified atom stereocenters. The molecule has 0 spiro atoms. The van der Waals surface area contributed by atoms with Crippen LogP contribution in [0.15, 0.2) is 57.6 Å². The van der Waals surface area contributed by atoms with Gasteiger partial charge in [-0.1, -0.05) is 63.9 Å². The van der Waals surface area contributed by atoms with Crippen molar-refractivity contribution in [2.24, 2.45) is 5.41 Å². The van der Waals surface area contributed by atoms with Gasteiger partial charge >= 0.3 is 5.97 Å². The Morgan fingerprint density at radius 3 is 2.33 bits per heavy atom. The Morgan fingerprint density at radius 1 is 0.950 bits per heavy atom. The maximum absolute atomic E-state index is 11.4. The number of aromatic carboxylic acids is 1. The highest BCUT2D eigenvalue weighted by molar-refractivity contribution is 6.39. The summed E-state index contributed by atoms with van der Waals surface area (Å²) >= 11 is 13.1. The summed E-state index contributed by atoms with van der Waals surface area (Å²) in [6, 6.07) is 12.1. The average molecular weight is 576 g/mol. The van der Waals surface area contributed by atoms with E-state index in [0.29, 0.717) is 44.5 Å². The van der Waals surface area contributed by atoms with Crippen LogP contribution in [-0.4, -0.2) is 26.4 Å². The molecule has 2 aromatic carbocycles. The number of hydrogen-bond donors (Lipinski definition) is 1. The Hall–Kier alpha value is -3.42. The van der Waals surface area contributed by atoms with E-state index in [4.69, 9.17) is 37.2 Å². The molecular formula is C31H27Cl2N3O4. The van der Waals surface area contributed by atoms with Crippen molar-refractivity contribution in [2.75, 3.05) is 0 Å². The third-order valence-electron chi connectivity index (χ3n) is 9.06. The molecule has 7 nitrogen and oxygen atoms in total. The van der Waals surface area contributed by atoms with Crippen LogP contribution in [0.5, 0.6) is 0 Å². The maximum atomic E-state index is 11.4. The van der Waals surface area contributed by atoms with E-state index in [0.717, 1.165) is 62.7 Å². The predicted molar refractivity (Wildman–Crippen MR) is 151 cm³/mol. The fourth-order valence-electron chi connectivity index (χ4n) is 6.41. The Kier molecular flexibility index (Phi) is 6.13. The molecule has 2 aromatic heterocycles. The van der Waals surface area contributed by atoms with Crippen molar-refractivity contribution >= 4 is 35.2 Å². The number of fused-ring (bicyclic) bond motifs is 3. The number of benzene rings is 2. The summed E-state index contributed by atoms with van der Waals surface area (Å²) in [7, 11) is 0. The number of aromatic nitrogens is 3. The molecule has 9 heteroatoms. The molecule has 0 amide bonds. The Labute approximate surface area is 241 Å². The minimum atomic E-state index is -0.981. The van der Waals surface area contributed by atoms with Gasteiger partial charge in [-0.15, -0.1) is 0 Å². The van der Waals surface area contributed by atoms with Gasteiger partial charge in [-0.3, -0.25) is 0 Å². The van der Waals surface area contributed by atoms with Gasteiger partial charge in [0, 0.05) is 28.0 Å². The van der Waals surface area contributed by atoms with E-state index in [1.165, 1.54) is 0 Å². The summed E-state index contributed by atoms with van der Waals surface area (Å²) < 4.78 is 11.6. The molecule has 2 bridgehead atoms. The smallest absolute Gasteiger partial charge is 0.335 e.